The molecule has 1 aliphatic heterocycles. The summed E-state index contributed by atoms with van der Waals surface area (Å²) in [5.41, 5.74) is 1.83. The monoisotopic (exact) mass is 407 g/mol. The fourth-order valence-electron chi connectivity index (χ4n) is 3.10. The van der Waals surface area contributed by atoms with Gasteiger partial charge in [0.2, 0.25) is 5.91 Å². The number of esters is 1. The molecule has 0 saturated carbocycles. The van der Waals surface area contributed by atoms with Crippen molar-refractivity contribution in [3.8, 4) is 5.75 Å². The van der Waals surface area contributed by atoms with Crippen LogP contribution >= 0.6 is 0 Å². The summed E-state index contributed by atoms with van der Waals surface area (Å²) in [7, 11) is 0. The van der Waals surface area contributed by atoms with Gasteiger partial charge in [0.1, 0.15) is 11.3 Å². The minimum atomic E-state index is -0.705. The first-order valence-electron chi connectivity index (χ1n) is 9.26. The summed E-state index contributed by atoms with van der Waals surface area (Å²) < 4.78 is 15.4. The first-order chi connectivity index (χ1) is 14.5. The number of hydrogen-bond acceptors (Lipinski definition) is 7. The van der Waals surface area contributed by atoms with E-state index in [0.717, 1.165) is 10.9 Å². The van der Waals surface area contributed by atoms with Crippen LogP contribution in [0.1, 0.15) is 22.3 Å². The molecule has 0 bridgehead atoms. The Hall–Kier alpha value is -3.94. The lowest BCUT2D eigenvalue weighted by atomic mass is 9.99. The zero-order valence-corrected chi connectivity index (χ0v) is 15.8. The van der Waals surface area contributed by atoms with E-state index in [1.807, 2.05) is 0 Å². The van der Waals surface area contributed by atoms with Crippen molar-refractivity contribution in [2.75, 3.05) is 18.5 Å². The summed E-state index contributed by atoms with van der Waals surface area (Å²) in [6.07, 6.45) is 0.928. The van der Waals surface area contributed by atoms with E-state index in [-0.39, 0.29) is 11.7 Å². The molecule has 4 rings (SSSR count). The maximum absolute atomic E-state index is 12.3. The molecule has 0 unspecified atom stereocenters. The SMILES string of the molecule is O=C1CCc2cc(C(=O)COC(=O)COc3ccc4ccc(=O)oc4c3)ccc2N1. The standard InChI is InChI=1S/C22H17NO7/c24-18(15-2-6-17-14(9-15)3-7-20(25)23-17)11-29-22(27)12-28-16-5-1-13-4-8-21(26)30-19(13)10-16/h1-2,4-6,8-10H,3,7,11-12H2,(H,23,25). The van der Waals surface area contributed by atoms with Gasteiger partial charge in [0.15, 0.2) is 19.0 Å². The molecule has 8 nitrogen and oxygen atoms in total. The molecule has 2 heterocycles. The summed E-state index contributed by atoms with van der Waals surface area (Å²) >= 11 is 0. The van der Waals surface area contributed by atoms with E-state index in [0.29, 0.717) is 35.4 Å². The Balaban J connectivity index is 1.31. The second kappa shape index (κ2) is 8.20. The first-order valence-corrected chi connectivity index (χ1v) is 9.26. The third kappa shape index (κ3) is 4.38. The van der Waals surface area contributed by atoms with Gasteiger partial charge in [-0.25, -0.2) is 9.59 Å². The molecule has 0 saturated heterocycles. The van der Waals surface area contributed by atoms with Crippen LogP contribution in [0.2, 0.25) is 0 Å². The molecule has 2 aromatic carbocycles. The molecule has 1 N–H and O–H groups in total. The van der Waals surface area contributed by atoms with Crippen molar-refractivity contribution in [2.24, 2.45) is 0 Å². The number of ether oxygens (including phenoxy) is 2. The number of rotatable bonds is 6. The van der Waals surface area contributed by atoms with Crippen LogP contribution in [0, 0.1) is 0 Å². The number of hydrogen-bond donors (Lipinski definition) is 1. The van der Waals surface area contributed by atoms with Crippen LogP contribution in [0.5, 0.6) is 5.75 Å². The molecule has 8 heteroatoms. The molecule has 0 radical (unpaired) electrons. The fourth-order valence-corrected chi connectivity index (χ4v) is 3.10. The van der Waals surface area contributed by atoms with Crippen molar-refractivity contribution >= 4 is 34.3 Å². The number of amides is 1. The van der Waals surface area contributed by atoms with Crippen molar-refractivity contribution in [3.63, 3.8) is 0 Å². The van der Waals surface area contributed by atoms with Crippen LogP contribution in [0.25, 0.3) is 11.0 Å². The van der Waals surface area contributed by atoms with Crippen LogP contribution < -0.4 is 15.7 Å². The summed E-state index contributed by atoms with van der Waals surface area (Å²) in [4.78, 5) is 46.9. The lowest BCUT2D eigenvalue weighted by Crippen LogP contribution is -2.21. The number of anilines is 1. The maximum Gasteiger partial charge on any atom is 0.344 e. The molecular weight excluding hydrogens is 390 g/mol. The van der Waals surface area contributed by atoms with Gasteiger partial charge >= 0.3 is 11.6 Å². The lowest BCUT2D eigenvalue weighted by molar-refractivity contribution is -0.144. The molecule has 1 amide bonds. The van der Waals surface area contributed by atoms with Gasteiger partial charge in [-0.1, -0.05) is 0 Å². The number of carbonyl (C=O) groups is 3. The number of fused-ring (bicyclic) bond motifs is 2. The van der Waals surface area contributed by atoms with Crippen molar-refractivity contribution in [1.82, 2.24) is 0 Å². The van der Waals surface area contributed by atoms with Crippen molar-refractivity contribution < 1.29 is 28.3 Å². The predicted molar refractivity (Wildman–Crippen MR) is 107 cm³/mol. The Labute approximate surface area is 170 Å². The van der Waals surface area contributed by atoms with Crippen LogP contribution in [0.15, 0.2) is 57.7 Å². The summed E-state index contributed by atoms with van der Waals surface area (Å²) in [5, 5.41) is 3.47. The van der Waals surface area contributed by atoms with Crippen LogP contribution in [0.3, 0.4) is 0 Å². The van der Waals surface area contributed by atoms with Crippen molar-refractivity contribution in [2.45, 2.75) is 12.8 Å². The minimum absolute atomic E-state index is 0.0518. The second-order valence-electron chi connectivity index (χ2n) is 6.75. The Morgan fingerprint density at radius 1 is 0.967 bits per heavy atom. The third-order valence-corrected chi connectivity index (χ3v) is 4.64. The molecule has 152 valence electrons. The smallest absolute Gasteiger partial charge is 0.344 e. The number of nitrogens with one attached hydrogen (secondary N) is 1. The predicted octanol–water partition coefficient (Wildman–Crippen LogP) is 2.48. The van der Waals surface area contributed by atoms with E-state index < -0.39 is 24.8 Å². The van der Waals surface area contributed by atoms with Gasteiger partial charge in [-0.15, -0.1) is 0 Å². The summed E-state index contributed by atoms with van der Waals surface area (Å²) in [5.74, 6) is -0.778. The maximum atomic E-state index is 12.3. The molecule has 0 aliphatic carbocycles. The average molecular weight is 407 g/mol. The highest BCUT2D eigenvalue weighted by Crippen LogP contribution is 2.24. The average Bonchev–Trinajstić information content (AvgIpc) is 2.75. The number of Topliss-reactive ketones (excluding diaryl/α,β-unsaturated/α-hetero) is 1. The van der Waals surface area contributed by atoms with E-state index >= 15 is 0 Å². The number of ketones is 1. The van der Waals surface area contributed by atoms with Gasteiger partial charge in [0.05, 0.1) is 0 Å². The molecule has 1 aromatic heterocycles. The van der Waals surface area contributed by atoms with Gasteiger partial charge in [-0.3, -0.25) is 9.59 Å². The molecule has 3 aromatic rings. The lowest BCUT2D eigenvalue weighted by Gasteiger charge is -2.17. The normalized spacial score (nSPS) is 12.7. The van der Waals surface area contributed by atoms with Crippen LogP contribution in [-0.4, -0.2) is 30.9 Å². The highest BCUT2D eigenvalue weighted by atomic mass is 16.6. The second-order valence-corrected chi connectivity index (χ2v) is 6.75. The van der Waals surface area contributed by atoms with Gasteiger partial charge in [0.25, 0.3) is 0 Å². The Kier molecular flexibility index (Phi) is 5.30. The summed E-state index contributed by atoms with van der Waals surface area (Å²) in [6.45, 7) is -0.813. The van der Waals surface area contributed by atoms with E-state index in [1.54, 1.807) is 36.4 Å². The highest BCUT2D eigenvalue weighted by Gasteiger charge is 2.17. The van der Waals surface area contributed by atoms with Crippen LogP contribution in [0.4, 0.5) is 5.69 Å². The van der Waals surface area contributed by atoms with Crippen molar-refractivity contribution in [3.05, 3.63) is 70.1 Å². The summed E-state index contributed by atoms with van der Waals surface area (Å²) in [6, 6.07) is 12.7. The van der Waals surface area contributed by atoms with E-state index in [9.17, 15) is 19.2 Å². The van der Waals surface area contributed by atoms with Crippen LogP contribution in [-0.2, 0) is 20.7 Å². The number of carbonyl (C=O) groups excluding carboxylic acids is 3. The molecular formula is C22H17NO7. The quantitative estimate of drug-likeness (QED) is 0.379. The number of benzene rings is 2. The largest absolute Gasteiger partial charge is 0.482 e. The van der Waals surface area contributed by atoms with E-state index in [2.05, 4.69) is 5.32 Å². The minimum Gasteiger partial charge on any atom is -0.482 e. The molecule has 1 aliphatic rings. The van der Waals surface area contributed by atoms with Gasteiger partial charge in [-0.2, -0.15) is 0 Å². The third-order valence-electron chi connectivity index (χ3n) is 4.64. The van der Waals surface area contributed by atoms with E-state index in [4.69, 9.17) is 13.9 Å². The van der Waals surface area contributed by atoms with Gasteiger partial charge < -0.3 is 19.2 Å². The molecule has 0 spiro atoms. The van der Waals surface area contributed by atoms with Crippen molar-refractivity contribution in [1.29, 1.82) is 0 Å². The Morgan fingerprint density at radius 2 is 1.80 bits per heavy atom. The Bertz CT molecular complexity index is 1210. The topological polar surface area (TPSA) is 112 Å². The highest BCUT2D eigenvalue weighted by molar-refractivity contribution is 6.00. The number of aryl methyl sites for hydroxylation is 1. The molecule has 0 atom stereocenters. The van der Waals surface area contributed by atoms with E-state index in [1.165, 1.54) is 12.1 Å². The molecule has 0 fully saturated rings. The zero-order valence-electron chi connectivity index (χ0n) is 15.8. The first kappa shape index (κ1) is 19.4. The fraction of sp³-hybridized carbons (Fsp3) is 0.182. The van der Waals surface area contributed by atoms with Gasteiger partial charge in [0, 0.05) is 35.2 Å². The Morgan fingerprint density at radius 3 is 2.67 bits per heavy atom. The zero-order chi connectivity index (χ0) is 21.1. The van der Waals surface area contributed by atoms with Gasteiger partial charge in [-0.05, 0) is 48.4 Å². The molecule has 30 heavy (non-hydrogen) atoms.